The fraction of sp³-hybridized carbons (Fsp3) is 0.364. The number of nitrogens with one attached hydrogen (secondary N) is 1. The quantitative estimate of drug-likeness (QED) is 0.489. The average molecular weight is 453 g/mol. The molecule has 1 N–H and O–H groups in total. The first-order chi connectivity index (χ1) is 13.9. The molecule has 2 rings (SSSR count). The van der Waals surface area contributed by atoms with E-state index < -0.39 is 6.04 Å². The van der Waals surface area contributed by atoms with Crippen LogP contribution in [0.5, 0.6) is 0 Å². The van der Waals surface area contributed by atoms with Gasteiger partial charge in [-0.3, -0.25) is 9.59 Å². The number of amides is 2. The Labute approximate surface area is 187 Å². The summed E-state index contributed by atoms with van der Waals surface area (Å²) < 4.78 is 0. The van der Waals surface area contributed by atoms with Crippen molar-refractivity contribution in [1.82, 2.24) is 10.2 Å². The first-order valence-corrected chi connectivity index (χ1v) is 11.4. The first kappa shape index (κ1) is 23.6. The molecule has 0 spiro atoms. The van der Waals surface area contributed by atoms with E-state index in [-0.39, 0.29) is 18.4 Å². The van der Waals surface area contributed by atoms with Crippen LogP contribution >= 0.6 is 35.0 Å². The summed E-state index contributed by atoms with van der Waals surface area (Å²) in [5.74, 6) is 0.386. The normalized spacial score (nSPS) is 11.7. The number of hydrogen-bond acceptors (Lipinski definition) is 3. The minimum absolute atomic E-state index is 0.0846. The molecule has 1 atom stereocenters. The molecule has 2 aromatic rings. The van der Waals surface area contributed by atoms with Crippen LogP contribution in [-0.2, 0) is 16.1 Å². The lowest BCUT2D eigenvalue weighted by Crippen LogP contribution is -2.47. The number of carbonyl (C=O) groups excluding carboxylic acids is 2. The molecule has 0 radical (unpaired) electrons. The fourth-order valence-electron chi connectivity index (χ4n) is 2.73. The van der Waals surface area contributed by atoms with Crippen molar-refractivity contribution in [3.8, 4) is 0 Å². The molecule has 2 aromatic carbocycles. The van der Waals surface area contributed by atoms with Gasteiger partial charge in [-0.1, -0.05) is 54.4 Å². The van der Waals surface area contributed by atoms with Gasteiger partial charge >= 0.3 is 0 Å². The van der Waals surface area contributed by atoms with Crippen molar-refractivity contribution in [1.29, 1.82) is 0 Å². The van der Waals surface area contributed by atoms with Crippen molar-refractivity contribution in [2.45, 2.75) is 44.2 Å². The molecule has 0 saturated heterocycles. The Morgan fingerprint density at radius 3 is 2.52 bits per heavy atom. The van der Waals surface area contributed by atoms with E-state index in [9.17, 15) is 9.59 Å². The Morgan fingerprint density at radius 2 is 1.86 bits per heavy atom. The topological polar surface area (TPSA) is 49.4 Å². The van der Waals surface area contributed by atoms with E-state index in [2.05, 4.69) is 5.32 Å². The van der Waals surface area contributed by atoms with Gasteiger partial charge in [-0.25, -0.2) is 0 Å². The molecule has 0 bridgehead atoms. The highest BCUT2D eigenvalue weighted by Gasteiger charge is 2.26. The lowest BCUT2D eigenvalue weighted by atomic mass is 10.1. The van der Waals surface area contributed by atoms with E-state index in [1.54, 1.807) is 41.8 Å². The minimum Gasteiger partial charge on any atom is -0.354 e. The Morgan fingerprint density at radius 1 is 1.14 bits per heavy atom. The van der Waals surface area contributed by atoms with Crippen molar-refractivity contribution < 1.29 is 9.59 Å². The molecular formula is C22H26Cl2N2O2S. The molecule has 7 heteroatoms. The highest BCUT2D eigenvalue weighted by molar-refractivity contribution is 7.99. The van der Waals surface area contributed by atoms with E-state index in [4.69, 9.17) is 23.2 Å². The van der Waals surface area contributed by atoms with Gasteiger partial charge in [0.15, 0.2) is 0 Å². The molecule has 0 aliphatic heterocycles. The van der Waals surface area contributed by atoms with Crippen molar-refractivity contribution in [2.75, 3.05) is 12.3 Å². The van der Waals surface area contributed by atoms with Crippen LogP contribution in [0.3, 0.4) is 0 Å². The second-order valence-corrected chi connectivity index (χ2v) is 8.65. The number of rotatable bonds is 10. The van der Waals surface area contributed by atoms with Gasteiger partial charge in [-0.15, -0.1) is 11.8 Å². The third-order valence-corrected chi connectivity index (χ3v) is 6.00. The van der Waals surface area contributed by atoms with Crippen molar-refractivity contribution >= 4 is 46.8 Å². The predicted molar refractivity (Wildman–Crippen MR) is 122 cm³/mol. The molecular weight excluding hydrogens is 427 g/mol. The summed E-state index contributed by atoms with van der Waals surface area (Å²) in [4.78, 5) is 28.2. The van der Waals surface area contributed by atoms with Gasteiger partial charge in [0.05, 0.1) is 0 Å². The van der Waals surface area contributed by atoms with Gasteiger partial charge < -0.3 is 10.2 Å². The molecule has 2 amide bonds. The third kappa shape index (κ3) is 7.57. The van der Waals surface area contributed by atoms with Crippen LogP contribution in [0.15, 0.2) is 53.4 Å². The fourth-order valence-corrected chi connectivity index (χ4v) is 4.06. The zero-order valence-electron chi connectivity index (χ0n) is 16.7. The molecule has 0 aliphatic rings. The van der Waals surface area contributed by atoms with Crippen LogP contribution in [0.2, 0.25) is 10.0 Å². The van der Waals surface area contributed by atoms with Gasteiger partial charge in [0.1, 0.15) is 6.04 Å². The SMILES string of the molecule is CCCNC(=O)[C@@H](C)N(Cc1ccc(Cl)cc1Cl)C(=O)CCSc1ccccc1. The van der Waals surface area contributed by atoms with Crippen LogP contribution in [-0.4, -0.2) is 35.1 Å². The molecule has 0 unspecified atom stereocenters. The van der Waals surface area contributed by atoms with E-state index in [0.717, 1.165) is 16.9 Å². The molecule has 0 heterocycles. The van der Waals surface area contributed by atoms with Crippen LogP contribution in [0.25, 0.3) is 0 Å². The molecule has 0 aromatic heterocycles. The summed E-state index contributed by atoms with van der Waals surface area (Å²) in [5.41, 5.74) is 0.760. The Bertz CT molecular complexity index is 818. The lowest BCUT2D eigenvalue weighted by Gasteiger charge is -2.29. The van der Waals surface area contributed by atoms with E-state index in [1.165, 1.54) is 0 Å². The van der Waals surface area contributed by atoms with Crippen LogP contribution in [0.1, 0.15) is 32.3 Å². The van der Waals surface area contributed by atoms with Crippen LogP contribution < -0.4 is 5.32 Å². The number of carbonyl (C=O) groups is 2. The van der Waals surface area contributed by atoms with E-state index >= 15 is 0 Å². The Hall–Kier alpha value is -1.69. The third-order valence-electron chi connectivity index (χ3n) is 4.40. The first-order valence-electron chi connectivity index (χ1n) is 9.61. The monoisotopic (exact) mass is 452 g/mol. The van der Waals surface area contributed by atoms with Crippen LogP contribution in [0, 0.1) is 0 Å². The minimum atomic E-state index is -0.595. The molecule has 156 valence electrons. The summed E-state index contributed by atoms with van der Waals surface area (Å²) in [6.45, 7) is 4.57. The molecule has 0 saturated carbocycles. The summed E-state index contributed by atoms with van der Waals surface area (Å²) in [6.07, 6.45) is 1.17. The van der Waals surface area contributed by atoms with Crippen molar-refractivity contribution in [3.63, 3.8) is 0 Å². The zero-order valence-corrected chi connectivity index (χ0v) is 19.0. The maximum Gasteiger partial charge on any atom is 0.242 e. The summed E-state index contributed by atoms with van der Waals surface area (Å²) >= 11 is 13.9. The van der Waals surface area contributed by atoms with Gasteiger partial charge in [-0.05, 0) is 43.2 Å². The summed E-state index contributed by atoms with van der Waals surface area (Å²) in [6, 6.07) is 14.5. The zero-order chi connectivity index (χ0) is 21.2. The maximum absolute atomic E-state index is 13.0. The van der Waals surface area contributed by atoms with Gasteiger partial charge in [0, 0.05) is 40.2 Å². The standard InChI is InChI=1S/C22H26Cl2N2O2S/c1-3-12-25-22(28)16(2)26(15-17-9-10-18(23)14-20(17)24)21(27)11-13-29-19-7-5-4-6-8-19/h4-10,14,16H,3,11-13,15H2,1-2H3,(H,25,28)/t16-/m1/s1. The summed E-state index contributed by atoms with van der Waals surface area (Å²) in [5, 5.41) is 3.88. The predicted octanol–water partition coefficient (Wildman–Crippen LogP) is 5.42. The van der Waals surface area contributed by atoms with E-state index in [0.29, 0.717) is 28.8 Å². The average Bonchev–Trinajstić information content (AvgIpc) is 2.71. The summed E-state index contributed by atoms with van der Waals surface area (Å²) in [7, 11) is 0. The molecule has 0 fully saturated rings. The Balaban J connectivity index is 2.09. The second kappa shape index (κ2) is 12.1. The number of hydrogen-bond donors (Lipinski definition) is 1. The van der Waals surface area contributed by atoms with Gasteiger partial charge in [0.2, 0.25) is 11.8 Å². The van der Waals surface area contributed by atoms with Gasteiger partial charge in [-0.2, -0.15) is 0 Å². The number of nitrogens with zero attached hydrogens (tertiary/aromatic N) is 1. The highest BCUT2D eigenvalue weighted by atomic mass is 35.5. The van der Waals surface area contributed by atoms with Gasteiger partial charge in [0.25, 0.3) is 0 Å². The number of halogens is 2. The molecule has 4 nitrogen and oxygen atoms in total. The van der Waals surface area contributed by atoms with Crippen LogP contribution in [0.4, 0.5) is 0 Å². The lowest BCUT2D eigenvalue weighted by molar-refractivity contribution is -0.140. The van der Waals surface area contributed by atoms with E-state index in [1.807, 2.05) is 37.3 Å². The number of benzene rings is 2. The largest absolute Gasteiger partial charge is 0.354 e. The Kier molecular flexibility index (Phi) is 9.85. The van der Waals surface area contributed by atoms with Crippen molar-refractivity contribution in [3.05, 3.63) is 64.1 Å². The maximum atomic E-state index is 13.0. The van der Waals surface area contributed by atoms with Crippen molar-refractivity contribution in [2.24, 2.45) is 0 Å². The molecule has 0 aliphatic carbocycles. The highest BCUT2D eigenvalue weighted by Crippen LogP contribution is 2.24. The smallest absolute Gasteiger partial charge is 0.242 e. The second-order valence-electron chi connectivity index (χ2n) is 6.64. The number of thioether (sulfide) groups is 1. The molecule has 29 heavy (non-hydrogen) atoms.